The van der Waals surface area contributed by atoms with Crippen molar-refractivity contribution in [1.82, 2.24) is 30.1 Å². The molecule has 182 valence electrons. The van der Waals surface area contributed by atoms with Crippen LogP contribution in [0.2, 0.25) is 0 Å². The smallest absolute Gasteiger partial charge is 0.226 e. The van der Waals surface area contributed by atoms with Crippen LogP contribution in [0.3, 0.4) is 0 Å². The van der Waals surface area contributed by atoms with Crippen LogP contribution in [0.25, 0.3) is 55.8 Å². The summed E-state index contributed by atoms with van der Waals surface area (Å²) in [4.78, 5) is 29.0. The number of nitrogens with zero attached hydrogens (tertiary/aromatic N) is 4. The Morgan fingerprint density at radius 3 is 2.62 bits per heavy atom. The number of carbonyl (C=O) groups is 1. The molecule has 0 fully saturated rings. The maximum absolute atomic E-state index is 14.5. The maximum atomic E-state index is 14.5. The summed E-state index contributed by atoms with van der Waals surface area (Å²) in [5, 5.41) is 11.1. The number of nitrogens with one attached hydrogen (secondary N) is 3. The lowest BCUT2D eigenvalue weighted by Gasteiger charge is -2.09. The van der Waals surface area contributed by atoms with Gasteiger partial charge in [-0.25, -0.2) is 14.4 Å². The normalized spacial score (nSPS) is 11.5. The van der Waals surface area contributed by atoms with Gasteiger partial charge in [0.05, 0.1) is 28.3 Å². The molecule has 0 bridgehead atoms. The van der Waals surface area contributed by atoms with E-state index in [0.717, 1.165) is 22.0 Å². The Labute approximate surface area is 211 Å². The average Bonchev–Trinajstić information content (AvgIpc) is 3.53. The number of imidazole rings is 1. The summed E-state index contributed by atoms with van der Waals surface area (Å²) in [6.07, 6.45) is 5.06. The molecule has 37 heavy (non-hydrogen) atoms. The fourth-order valence-electron chi connectivity index (χ4n) is 4.24. The molecule has 0 spiro atoms. The van der Waals surface area contributed by atoms with Crippen LogP contribution in [0.5, 0.6) is 0 Å². The number of aromatic amines is 2. The molecule has 0 unspecified atom stereocenters. The number of hydrogen-bond donors (Lipinski definition) is 3. The van der Waals surface area contributed by atoms with Crippen molar-refractivity contribution < 1.29 is 9.18 Å². The highest BCUT2D eigenvalue weighted by atomic mass is 19.1. The molecule has 6 rings (SSSR count). The number of fused-ring (bicyclic) bond motifs is 2. The van der Waals surface area contributed by atoms with Gasteiger partial charge in [0, 0.05) is 40.6 Å². The van der Waals surface area contributed by atoms with E-state index in [1.807, 2.05) is 44.2 Å². The quantitative estimate of drug-likeness (QED) is 0.275. The summed E-state index contributed by atoms with van der Waals surface area (Å²) in [5.41, 5.74) is 6.03. The Morgan fingerprint density at radius 1 is 0.973 bits per heavy atom. The van der Waals surface area contributed by atoms with Crippen LogP contribution in [-0.4, -0.2) is 36.0 Å². The van der Waals surface area contributed by atoms with E-state index < -0.39 is 0 Å². The predicted octanol–water partition coefficient (Wildman–Crippen LogP) is 5.96. The molecule has 0 atom stereocenters. The Hall–Kier alpha value is -4.92. The molecular weight excluding hydrogens is 469 g/mol. The molecule has 9 heteroatoms. The van der Waals surface area contributed by atoms with E-state index in [4.69, 9.17) is 4.98 Å². The molecule has 8 nitrogen and oxygen atoms in total. The molecule has 4 aromatic heterocycles. The standard InChI is InChI=1S/C28H22FN7O/c1-15(2)28(37)32-18-10-16(12-30-14-18)17-11-21-25(35-36-26(21)31-13-17)27-33-23-9-5-7-20(24(23)34-27)19-6-3-4-8-22(19)29/h3-15H,1-2H3,(H,32,37)(H,33,34)(H,31,35,36). The van der Waals surface area contributed by atoms with Crippen molar-refractivity contribution >= 4 is 33.7 Å². The van der Waals surface area contributed by atoms with Gasteiger partial charge in [-0.05, 0) is 24.3 Å². The largest absolute Gasteiger partial charge is 0.337 e. The minimum absolute atomic E-state index is 0.0794. The summed E-state index contributed by atoms with van der Waals surface area (Å²) < 4.78 is 14.5. The molecule has 0 aliphatic rings. The maximum Gasteiger partial charge on any atom is 0.226 e. The number of amides is 1. The van der Waals surface area contributed by atoms with E-state index in [0.29, 0.717) is 39.5 Å². The van der Waals surface area contributed by atoms with Gasteiger partial charge in [-0.3, -0.25) is 14.9 Å². The number of H-pyrrole nitrogens is 2. The molecule has 0 saturated carbocycles. The minimum atomic E-state index is -0.306. The van der Waals surface area contributed by atoms with Gasteiger partial charge < -0.3 is 10.3 Å². The first-order chi connectivity index (χ1) is 18.0. The van der Waals surface area contributed by atoms with Crippen molar-refractivity contribution in [1.29, 1.82) is 0 Å². The topological polar surface area (TPSA) is 112 Å². The third kappa shape index (κ3) is 4.10. The number of aromatic nitrogens is 6. The Bertz CT molecular complexity index is 1790. The third-order valence-electron chi connectivity index (χ3n) is 6.18. The van der Waals surface area contributed by atoms with Gasteiger partial charge in [0.1, 0.15) is 11.5 Å². The summed E-state index contributed by atoms with van der Waals surface area (Å²) in [6.45, 7) is 3.67. The first-order valence-electron chi connectivity index (χ1n) is 11.8. The van der Waals surface area contributed by atoms with Crippen molar-refractivity contribution in [3.05, 3.63) is 79.0 Å². The minimum Gasteiger partial charge on any atom is -0.337 e. The number of hydrogen-bond acceptors (Lipinski definition) is 5. The second kappa shape index (κ2) is 8.94. The average molecular weight is 492 g/mol. The zero-order valence-corrected chi connectivity index (χ0v) is 20.1. The van der Waals surface area contributed by atoms with E-state index in [1.54, 1.807) is 36.8 Å². The second-order valence-electron chi connectivity index (χ2n) is 9.07. The monoisotopic (exact) mass is 491 g/mol. The lowest BCUT2D eigenvalue weighted by molar-refractivity contribution is -0.118. The molecule has 4 heterocycles. The Balaban J connectivity index is 1.42. The zero-order chi connectivity index (χ0) is 25.5. The van der Waals surface area contributed by atoms with Crippen molar-refractivity contribution in [2.75, 3.05) is 5.32 Å². The van der Waals surface area contributed by atoms with Gasteiger partial charge in [-0.2, -0.15) is 5.10 Å². The number of rotatable bonds is 5. The summed E-state index contributed by atoms with van der Waals surface area (Å²) in [6, 6.07) is 16.1. The fraction of sp³-hybridized carbons (Fsp3) is 0.107. The van der Waals surface area contributed by atoms with E-state index >= 15 is 0 Å². The van der Waals surface area contributed by atoms with Gasteiger partial charge in [-0.1, -0.05) is 44.2 Å². The van der Waals surface area contributed by atoms with Crippen LogP contribution in [0.4, 0.5) is 10.1 Å². The number of benzene rings is 2. The predicted molar refractivity (Wildman–Crippen MR) is 141 cm³/mol. The number of halogens is 1. The highest BCUT2D eigenvalue weighted by Gasteiger charge is 2.17. The van der Waals surface area contributed by atoms with Crippen LogP contribution in [0, 0.1) is 11.7 Å². The first-order valence-corrected chi connectivity index (χ1v) is 11.8. The van der Waals surface area contributed by atoms with Gasteiger partial charge >= 0.3 is 0 Å². The van der Waals surface area contributed by atoms with E-state index in [-0.39, 0.29) is 17.6 Å². The van der Waals surface area contributed by atoms with E-state index in [2.05, 4.69) is 30.5 Å². The molecule has 1 amide bonds. The summed E-state index contributed by atoms with van der Waals surface area (Å²) in [5.74, 6) is 0.0150. The number of anilines is 1. The van der Waals surface area contributed by atoms with Crippen LogP contribution in [0.15, 0.2) is 73.2 Å². The molecule has 0 aliphatic heterocycles. The number of pyridine rings is 2. The van der Waals surface area contributed by atoms with Crippen LogP contribution in [0.1, 0.15) is 13.8 Å². The van der Waals surface area contributed by atoms with Gasteiger partial charge in [0.15, 0.2) is 11.5 Å². The summed E-state index contributed by atoms with van der Waals surface area (Å²) >= 11 is 0. The van der Waals surface area contributed by atoms with Crippen molar-refractivity contribution in [2.45, 2.75) is 13.8 Å². The van der Waals surface area contributed by atoms with Crippen molar-refractivity contribution in [3.8, 4) is 33.8 Å². The van der Waals surface area contributed by atoms with Gasteiger partial charge in [0.25, 0.3) is 0 Å². The van der Waals surface area contributed by atoms with Crippen LogP contribution in [-0.2, 0) is 4.79 Å². The molecular formula is C28H22FN7O. The Kier molecular flexibility index (Phi) is 5.45. The number of para-hydroxylation sites is 1. The van der Waals surface area contributed by atoms with Crippen molar-refractivity contribution in [2.24, 2.45) is 5.92 Å². The van der Waals surface area contributed by atoms with Crippen LogP contribution < -0.4 is 5.32 Å². The highest BCUT2D eigenvalue weighted by molar-refractivity contribution is 5.97. The molecule has 6 aromatic rings. The molecule has 2 aromatic carbocycles. The zero-order valence-electron chi connectivity index (χ0n) is 20.1. The molecule has 0 saturated heterocycles. The first kappa shape index (κ1) is 22.5. The SMILES string of the molecule is CC(C)C(=O)Nc1cncc(-c2cnc3[nH]nc(-c4nc5c(-c6ccccc6F)cccc5[nH]4)c3c2)c1. The van der Waals surface area contributed by atoms with E-state index in [1.165, 1.54) is 6.07 Å². The van der Waals surface area contributed by atoms with E-state index in [9.17, 15) is 9.18 Å². The number of carbonyl (C=O) groups excluding carboxylic acids is 1. The van der Waals surface area contributed by atoms with Gasteiger partial charge in [-0.15, -0.1) is 0 Å². The third-order valence-corrected chi connectivity index (χ3v) is 6.18. The lowest BCUT2D eigenvalue weighted by Crippen LogP contribution is -2.17. The second-order valence-corrected chi connectivity index (χ2v) is 9.07. The Morgan fingerprint density at radius 2 is 1.78 bits per heavy atom. The van der Waals surface area contributed by atoms with Gasteiger partial charge in [0.2, 0.25) is 5.91 Å². The lowest BCUT2D eigenvalue weighted by atomic mass is 10.0. The summed E-state index contributed by atoms with van der Waals surface area (Å²) in [7, 11) is 0. The fourth-order valence-corrected chi connectivity index (χ4v) is 4.24. The molecule has 0 aliphatic carbocycles. The van der Waals surface area contributed by atoms with Crippen LogP contribution >= 0.6 is 0 Å². The van der Waals surface area contributed by atoms with Crippen molar-refractivity contribution in [3.63, 3.8) is 0 Å². The molecule has 3 N–H and O–H groups in total. The highest BCUT2D eigenvalue weighted by Crippen LogP contribution is 2.33. The molecule has 0 radical (unpaired) electrons.